The predicted molar refractivity (Wildman–Crippen MR) is 132 cm³/mol. The van der Waals surface area contributed by atoms with E-state index >= 15 is 0 Å². The Bertz CT molecular complexity index is 1350. The van der Waals surface area contributed by atoms with E-state index in [1.807, 2.05) is 0 Å². The Kier molecular flexibility index (Phi) is 6.66. The number of aryl methyl sites for hydroxylation is 1. The molecule has 7 nitrogen and oxygen atoms in total. The number of hydrogen-bond acceptors (Lipinski definition) is 6. The molecule has 10 heteroatoms. The molecule has 1 N–H and O–H groups in total. The topological polar surface area (TPSA) is 89.2 Å². The van der Waals surface area contributed by atoms with Crippen LogP contribution in [0, 0.1) is 6.92 Å². The summed E-state index contributed by atoms with van der Waals surface area (Å²) in [5.41, 5.74) is 0.265. The fraction of sp³-hybridized carbons (Fsp3) is 0.167. The quantitative estimate of drug-likeness (QED) is 0.221. The lowest BCUT2D eigenvalue weighted by Gasteiger charge is -2.24. The third kappa shape index (κ3) is 3.96. The van der Waals surface area contributed by atoms with Crippen molar-refractivity contribution in [2.24, 2.45) is 0 Å². The number of nitrogens with zero attached hydrogens (tertiary/aromatic N) is 1. The second-order valence-corrected chi connectivity index (χ2v) is 9.08. The third-order valence-corrected chi connectivity index (χ3v) is 6.47. The number of ketones is 1. The predicted octanol–water partition coefficient (Wildman–Crippen LogP) is 6.30. The van der Waals surface area contributed by atoms with Crippen molar-refractivity contribution in [1.82, 2.24) is 0 Å². The SMILES string of the molecule is COc1c(Cl)cc(/C(O)=C2\C(=O)C(=O)N(c3cccc(Br)c3)C2c2ccc(C)o2)c(OC)c1Cl. The van der Waals surface area contributed by atoms with E-state index in [0.29, 0.717) is 21.7 Å². The second-order valence-electron chi connectivity index (χ2n) is 7.38. The standard InChI is InChI=1S/C24H18BrCl2NO6/c1-11-7-8-16(34-11)19-17(21(30)24(31)28(19)13-6-4-5-12(25)9-13)20(29)14-10-15(26)23(33-3)18(27)22(14)32-2/h4-10,19,29H,1-3H3/b20-17+. The Labute approximate surface area is 213 Å². The summed E-state index contributed by atoms with van der Waals surface area (Å²) < 4.78 is 17.1. The van der Waals surface area contributed by atoms with Gasteiger partial charge in [0.15, 0.2) is 11.5 Å². The molecule has 0 saturated carbocycles. The number of hydrogen-bond donors (Lipinski definition) is 1. The van der Waals surface area contributed by atoms with Crippen LogP contribution in [-0.2, 0) is 9.59 Å². The van der Waals surface area contributed by atoms with Crippen LogP contribution >= 0.6 is 39.1 Å². The maximum Gasteiger partial charge on any atom is 0.300 e. The van der Waals surface area contributed by atoms with Crippen LogP contribution in [0.4, 0.5) is 5.69 Å². The van der Waals surface area contributed by atoms with Crippen LogP contribution in [-0.4, -0.2) is 31.0 Å². The van der Waals surface area contributed by atoms with Gasteiger partial charge in [0, 0.05) is 10.2 Å². The number of carbonyl (C=O) groups is 2. The van der Waals surface area contributed by atoms with E-state index in [2.05, 4.69) is 15.9 Å². The fourth-order valence-electron chi connectivity index (χ4n) is 3.89. The smallest absolute Gasteiger partial charge is 0.300 e. The number of carbonyl (C=O) groups excluding carboxylic acids is 2. The molecule has 176 valence electrons. The van der Waals surface area contributed by atoms with Crippen molar-refractivity contribution in [3.63, 3.8) is 0 Å². The second kappa shape index (κ2) is 9.37. The molecule has 34 heavy (non-hydrogen) atoms. The third-order valence-electron chi connectivity index (χ3n) is 5.36. The van der Waals surface area contributed by atoms with Gasteiger partial charge in [-0.2, -0.15) is 0 Å². The largest absolute Gasteiger partial charge is 0.507 e. The molecule has 2 aromatic carbocycles. The first-order valence-corrected chi connectivity index (χ1v) is 11.5. The summed E-state index contributed by atoms with van der Waals surface area (Å²) in [5.74, 6) is -1.21. The molecule has 0 radical (unpaired) electrons. The number of ether oxygens (including phenoxy) is 2. The normalized spacial score (nSPS) is 17.4. The Hall–Kier alpha value is -2.94. The van der Waals surface area contributed by atoms with Gasteiger partial charge in [0.1, 0.15) is 28.3 Å². The zero-order chi connectivity index (χ0) is 24.7. The Morgan fingerprint density at radius 1 is 1.09 bits per heavy atom. The van der Waals surface area contributed by atoms with Crippen LogP contribution in [0.2, 0.25) is 10.0 Å². The van der Waals surface area contributed by atoms with Crippen molar-refractivity contribution in [2.45, 2.75) is 13.0 Å². The van der Waals surface area contributed by atoms with E-state index in [1.165, 1.54) is 25.2 Å². The lowest BCUT2D eigenvalue weighted by atomic mass is 9.98. The van der Waals surface area contributed by atoms with Crippen LogP contribution in [0.25, 0.3) is 5.76 Å². The maximum absolute atomic E-state index is 13.3. The zero-order valence-electron chi connectivity index (χ0n) is 18.2. The van der Waals surface area contributed by atoms with Crippen molar-refractivity contribution in [3.8, 4) is 11.5 Å². The number of aliphatic hydroxyl groups excluding tert-OH is 1. The highest BCUT2D eigenvalue weighted by atomic mass is 79.9. The van der Waals surface area contributed by atoms with E-state index in [0.717, 1.165) is 0 Å². The number of halogens is 3. The first-order chi connectivity index (χ1) is 16.2. The van der Waals surface area contributed by atoms with E-state index in [9.17, 15) is 14.7 Å². The van der Waals surface area contributed by atoms with Crippen molar-refractivity contribution >= 4 is 62.3 Å². The van der Waals surface area contributed by atoms with E-state index in [1.54, 1.807) is 43.3 Å². The van der Waals surface area contributed by atoms with Crippen LogP contribution < -0.4 is 14.4 Å². The molecule has 0 spiro atoms. The summed E-state index contributed by atoms with van der Waals surface area (Å²) in [6.45, 7) is 1.74. The molecule has 3 aromatic rings. The van der Waals surface area contributed by atoms with Crippen molar-refractivity contribution in [2.75, 3.05) is 19.1 Å². The van der Waals surface area contributed by atoms with Gasteiger partial charge in [-0.25, -0.2) is 0 Å². The van der Waals surface area contributed by atoms with Crippen LogP contribution in [0.3, 0.4) is 0 Å². The number of methoxy groups -OCH3 is 2. The van der Waals surface area contributed by atoms with Gasteiger partial charge in [-0.1, -0.05) is 45.2 Å². The minimum atomic E-state index is -1.05. The zero-order valence-corrected chi connectivity index (χ0v) is 21.3. The molecule has 4 rings (SSSR count). The van der Waals surface area contributed by atoms with Crippen LogP contribution in [0.1, 0.15) is 23.1 Å². The molecular weight excluding hydrogens is 549 g/mol. The molecule has 1 aliphatic heterocycles. The number of Topliss-reactive ketones (excluding diaryl/α,β-unsaturated/α-hetero) is 1. The average molecular weight is 567 g/mol. The molecule has 0 bridgehead atoms. The number of benzene rings is 2. The van der Waals surface area contributed by atoms with E-state index in [-0.39, 0.29) is 32.7 Å². The molecule has 1 fully saturated rings. The van der Waals surface area contributed by atoms with Gasteiger partial charge in [-0.15, -0.1) is 0 Å². The molecule has 1 atom stereocenters. The van der Waals surface area contributed by atoms with Gasteiger partial charge < -0.3 is 19.0 Å². The lowest BCUT2D eigenvalue weighted by molar-refractivity contribution is -0.132. The van der Waals surface area contributed by atoms with E-state index in [4.69, 9.17) is 37.1 Å². The Balaban J connectivity index is 2.01. The number of anilines is 1. The van der Waals surface area contributed by atoms with Crippen molar-refractivity contribution in [1.29, 1.82) is 0 Å². The Morgan fingerprint density at radius 3 is 2.38 bits per heavy atom. The molecule has 2 heterocycles. The highest BCUT2D eigenvalue weighted by Crippen LogP contribution is 2.48. The summed E-state index contributed by atoms with van der Waals surface area (Å²) in [6.07, 6.45) is 0. The van der Waals surface area contributed by atoms with Gasteiger partial charge in [0.25, 0.3) is 11.7 Å². The molecule has 1 saturated heterocycles. The summed E-state index contributed by atoms with van der Waals surface area (Å²) in [5, 5.41) is 11.5. The molecule has 0 aliphatic carbocycles. The van der Waals surface area contributed by atoms with Gasteiger partial charge in [0.2, 0.25) is 0 Å². The van der Waals surface area contributed by atoms with Gasteiger partial charge >= 0.3 is 0 Å². The summed E-state index contributed by atoms with van der Waals surface area (Å²) >= 11 is 16.1. The highest BCUT2D eigenvalue weighted by Gasteiger charge is 2.49. The summed E-state index contributed by atoms with van der Waals surface area (Å²) in [6, 6.07) is 10.6. The number of amides is 1. The highest BCUT2D eigenvalue weighted by molar-refractivity contribution is 9.10. The average Bonchev–Trinajstić information content (AvgIpc) is 3.34. The fourth-order valence-corrected chi connectivity index (χ4v) is 4.96. The first kappa shape index (κ1) is 24.2. The molecule has 1 aromatic heterocycles. The lowest BCUT2D eigenvalue weighted by Crippen LogP contribution is -2.29. The van der Waals surface area contributed by atoms with Crippen molar-refractivity contribution in [3.05, 3.63) is 79.6 Å². The molecular formula is C24H18BrCl2NO6. The number of rotatable bonds is 5. The van der Waals surface area contributed by atoms with Crippen LogP contribution in [0.5, 0.6) is 11.5 Å². The molecule has 1 amide bonds. The molecule has 1 unspecified atom stereocenters. The molecule has 1 aliphatic rings. The van der Waals surface area contributed by atoms with Gasteiger partial charge in [-0.05, 0) is 43.3 Å². The Morgan fingerprint density at radius 2 is 1.79 bits per heavy atom. The monoisotopic (exact) mass is 565 g/mol. The van der Waals surface area contributed by atoms with Crippen LogP contribution in [0.15, 0.2) is 56.9 Å². The first-order valence-electron chi connectivity index (χ1n) is 9.92. The van der Waals surface area contributed by atoms with Gasteiger partial charge in [-0.3, -0.25) is 14.5 Å². The van der Waals surface area contributed by atoms with Gasteiger partial charge in [0.05, 0.1) is 30.4 Å². The minimum Gasteiger partial charge on any atom is -0.507 e. The summed E-state index contributed by atoms with van der Waals surface area (Å²) in [7, 11) is 2.73. The summed E-state index contributed by atoms with van der Waals surface area (Å²) in [4.78, 5) is 27.8. The number of furan rings is 1. The maximum atomic E-state index is 13.3. The number of aliphatic hydroxyl groups is 1. The van der Waals surface area contributed by atoms with Crippen molar-refractivity contribution < 1.29 is 28.6 Å². The minimum absolute atomic E-state index is 0.00524. The van der Waals surface area contributed by atoms with E-state index < -0.39 is 23.5 Å².